The summed E-state index contributed by atoms with van der Waals surface area (Å²) in [4.78, 5) is 0. The summed E-state index contributed by atoms with van der Waals surface area (Å²) < 4.78 is 6.38. The normalized spacial score (nSPS) is 16.9. The summed E-state index contributed by atoms with van der Waals surface area (Å²) in [5.41, 5.74) is 7.96. The van der Waals surface area contributed by atoms with Crippen molar-refractivity contribution in [2.75, 3.05) is 0 Å². The Morgan fingerprint density at radius 3 is 2.76 bits per heavy atom. The average Bonchev–Trinajstić information content (AvgIpc) is 2.45. The first-order chi connectivity index (χ1) is 10.1. The Labute approximate surface area is 130 Å². The van der Waals surface area contributed by atoms with Crippen molar-refractivity contribution < 1.29 is 9.84 Å². The number of phenolic OH excluding ortho intramolecular Hbond substituents is 1. The molecule has 3 N–H and O–H groups in total. The highest BCUT2D eigenvalue weighted by Gasteiger charge is 2.30. The van der Waals surface area contributed by atoms with Crippen LogP contribution in [-0.2, 0) is 0 Å². The molecular formula is C16H11BrN2O2. The van der Waals surface area contributed by atoms with Crippen LogP contribution in [0.1, 0.15) is 17.0 Å². The highest BCUT2D eigenvalue weighted by Crippen LogP contribution is 2.43. The fraction of sp³-hybridized carbons (Fsp3) is 0.0625. The van der Waals surface area contributed by atoms with Crippen LogP contribution < -0.4 is 10.5 Å². The maximum Gasteiger partial charge on any atom is 0.205 e. The molecule has 1 aliphatic heterocycles. The first kappa shape index (κ1) is 13.5. The number of hydrogen-bond acceptors (Lipinski definition) is 4. The number of phenols is 1. The molecule has 0 spiro atoms. The molecule has 0 radical (unpaired) electrons. The van der Waals surface area contributed by atoms with Crippen LogP contribution in [0.4, 0.5) is 0 Å². The van der Waals surface area contributed by atoms with Crippen LogP contribution in [-0.4, -0.2) is 5.11 Å². The van der Waals surface area contributed by atoms with Gasteiger partial charge < -0.3 is 15.6 Å². The molecule has 21 heavy (non-hydrogen) atoms. The van der Waals surface area contributed by atoms with Gasteiger partial charge in [-0.1, -0.05) is 34.1 Å². The van der Waals surface area contributed by atoms with Gasteiger partial charge in [0.2, 0.25) is 5.88 Å². The van der Waals surface area contributed by atoms with E-state index in [1.807, 2.05) is 24.3 Å². The third-order valence-electron chi connectivity index (χ3n) is 3.38. The number of nitrogens with zero attached hydrogens (tertiary/aromatic N) is 1. The number of ether oxygens (including phenoxy) is 1. The zero-order chi connectivity index (χ0) is 15.0. The molecule has 0 saturated carbocycles. The van der Waals surface area contributed by atoms with Crippen molar-refractivity contribution in [1.29, 1.82) is 5.26 Å². The number of fused-ring (bicyclic) bond motifs is 1. The van der Waals surface area contributed by atoms with Crippen LogP contribution in [0.3, 0.4) is 0 Å². The van der Waals surface area contributed by atoms with Gasteiger partial charge >= 0.3 is 0 Å². The smallest absolute Gasteiger partial charge is 0.205 e. The Morgan fingerprint density at radius 1 is 1.24 bits per heavy atom. The van der Waals surface area contributed by atoms with Gasteiger partial charge in [-0.05, 0) is 23.8 Å². The molecule has 1 atom stereocenters. The predicted molar refractivity (Wildman–Crippen MR) is 81.5 cm³/mol. The number of aromatic hydroxyl groups is 1. The van der Waals surface area contributed by atoms with E-state index in [0.29, 0.717) is 11.3 Å². The van der Waals surface area contributed by atoms with Crippen LogP contribution in [0.25, 0.3) is 0 Å². The van der Waals surface area contributed by atoms with E-state index in [4.69, 9.17) is 10.5 Å². The molecule has 0 aliphatic carbocycles. The lowest BCUT2D eigenvalue weighted by Gasteiger charge is -2.26. The van der Waals surface area contributed by atoms with Crippen LogP contribution in [0.15, 0.2) is 58.4 Å². The van der Waals surface area contributed by atoms with Crippen molar-refractivity contribution in [3.63, 3.8) is 0 Å². The van der Waals surface area contributed by atoms with E-state index >= 15 is 0 Å². The fourth-order valence-corrected chi connectivity index (χ4v) is 2.89. The third-order valence-corrected chi connectivity index (χ3v) is 3.88. The van der Waals surface area contributed by atoms with Gasteiger partial charge in [0.1, 0.15) is 23.1 Å². The van der Waals surface area contributed by atoms with Crippen LogP contribution >= 0.6 is 15.9 Å². The molecule has 4 nitrogen and oxygen atoms in total. The molecule has 3 rings (SSSR count). The topological polar surface area (TPSA) is 79.3 Å². The maximum atomic E-state index is 9.59. The summed E-state index contributed by atoms with van der Waals surface area (Å²) in [6.45, 7) is 0. The summed E-state index contributed by atoms with van der Waals surface area (Å²) in [6.07, 6.45) is 0. The first-order valence-corrected chi connectivity index (χ1v) is 7.05. The minimum atomic E-state index is -0.308. The second kappa shape index (κ2) is 5.15. The lowest BCUT2D eigenvalue weighted by molar-refractivity contribution is 0.388. The fourth-order valence-electron chi connectivity index (χ4n) is 2.47. The van der Waals surface area contributed by atoms with Gasteiger partial charge in [0.25, 0.3) is 0 Å². The Kier molecular flexibility index (Phi) is 3.32. The summed E-state index contributed by atoms with van der Waals surface area (Å²) in [7, 11) is 0. The van der Waals surface area contributed by atoms with Crippen LogP contribution in [0, 0.1) is 11.3 Å². The zero-order valence-corrected chi connectivity index (χ0v) is 12.5. The van der Waals surface area contributed by atoms with E-state index < -0.39 is 0 Å². The van der Waals surface area contributed by atoms with Gasteiger partial charge in [0, 0.05) is 16.1 Å². The minimum absolute atomic E-state index is 0.0700. The van der Waals surface area contributed by atoms with E-state index in [1.165, 1.54) is 6.07 Å². The monoisotopic (exact) mass is 342 g/mol. The molecule has 0 bridgehead atoms. The lowest BCUT2D eigenvalue weighted by atomic mass is 9.83. The summed E-state index contributed by atoms with van der Waals surface area (Å²) in [5.74, 6) is 0.323. The van der Waals surface area contributed by atoms with Crippen molar-refractivity contribution in [3.05, 3.63) is 69.5 Å². The summed E-state index contributed by atoms with van der Waals surface area (Å²) >= 11 is 3.44. The zero-order valence-electron chi connectivity index (χ0n) is 10.9. The van der Waals surface area contributed by atoms with Gasteiger partial charge in [0.05, 0.1) is 5.92 Å². The van der Waals surface area contributed by atoms with E-state index in [2.05, 4.69) is 22.0 Å². The van der Waals surface area contributed by atoms with Crippen molar-refractivity contribution in [1.82, 2.24) is 0 Å². The number of nitriles is 1. The Balaban J connectivity index is 2.24. The van der Waals surface area contributed by atoms with Crippen molar-refractivity contribution >= 4 is 15.9 Å². The molecule has 5 heteroatoms. The third kappa shape index (κ3) is 2.34. The molecule has 0 aromatic heterocycles. The van der Waals surface area contributed by atoms with Gasteiger partial charge in [-0.25, -0.2) is 0 Å². The number of rotatable bonds is 1. The van der Waals surface area contributed by atoms with Gasteiger partial charge in [0.15, 0.2) is 0 Å². The Morgan fingerprint density at radius 2 is 2.05 bits per heavy atom. The minimum Gasteiger partial charge on any atom is -0.508 e. The SMILES string of the molecule is N#CC1=C(N)Oc2cc(O)ccc2[C@@H]1c1cccc(Br)c1. The van der Waals surface area contributed by atoms with Crippen molar-refractivity contribution in [2.24, 2.45) is 5.73 Å². The Bertz CT molecular complexity index is 793. The van der Waals surface area contributed by atoms with Gasteiger partial charge in [-0.3, -0.25) is 0 Å². The molecule has 0 amide bonds. The first-order valence-electron chi connectivity index (χ1n) is 6.26. The predicted octanol–water partition coefficient (Wildman–Crippen LogP) is 3.37. The molecule has 0 unspecified atom stereocenters. The average molecular weight is 343 g/mol. The van der Waals surface area contributed by atoms with E-state index in [0.717, 1.165) is 15.6 Å². The number of benzene rings is 2. The number of hydrogen-bond donors (Lipinski definition) is 2. The highest BCUT2D eigenvalue weighted by atomic mass is 79.9. The lowest BCUT2D eigenvalue weighted by Crippen LogP contribution is -2.20. The van der Waals surface area contributed by atoms with Gasteiger partial charge in [-0.15, -0.1) is 0 Å². The van der Waals surface area contributed by atoms with Crippen LogP contribution in [0.2, 0.25) is 0 Å². The summed E-state index contributed by atoms with van der Waals surface area (Å²) in [6, 6.07) is 14.6. The highest BCUT2D eigenvalue weighted by molar-refractivity contribution is 9.10. The standard InChI is InChI=1S/C16H11BrN2O2/c17-10-3-1-2-9(6-10)15-12-5-4-11(20)7-14(12)21-16(19)13(15)8-18/h1-7,15,20H,19H2/t15-/m0/s1. The molecule has 1 heterocycles. The number of nitrogens with two attached hydrogens (primary N) is 1. The number of halogens is 1. The van der Waals surface area contributed by atoms with E-state index in [1.54, 1.807) is 12.1 Å². The van der Waals surface area contributed by atoms with Crippen molar-refractivity contribution in [2.45, 2.75) is 5.92 Å². The Hall–Kier alpha value is -2.45. The second-order valence-corrected chi connectivity index (χ2v) is 5.62. The van der Waals surface area contributed by atoms with E-state index in [9.17, 15) is 10.4 Å². The van der Waals surface area contributed by atoms with Crippen LogP contribution in [0.5, 0.6) is 11.5 Å². The molecule has 0 saturated heterocycles. The second-order valence-electron chi connectivity index (χ2n) is 4.70. The summed E-state index contributed by atoms with van der Waals surface area (Å²) in [5, 5.41) is 19.0. The molecule has 2 aromatic rings. The van der Waals surface area contributed by atoms with Crippen molar-refractivity contribution in [3.8, 4) is 17.6 Å². The van der Waals surface area contributed by atoms with E-state index in [-0.39, 0.29) is 17.6 Å². The number of allylic oxidation sites excluding steroid dienone is 1. The molecule has 0 fully saturated rings. The molecule has 104 valence electrons. The van der Waals surface area contributed by atoms with Gasteiger partial charge in [-0.2, -0.15) is 5.26 Å². The molecular weight excluding hydrogens is 332 g/mol. The largest absolute Gasteiger partial charge is 0.508 e. The molecule has 1 aliphatic rings. The maximum absolute atomic E-state index is 9.59. The quantitative estimate of drug-likeness (QED) is 0.832. The molecule has 2 aromatic carbocycles.